The first-order valence-corrected chi connectivity index (χ1v) is 15.3. The zero-order chi connectivity index (χ0) is 31.6. The van der Waals surface area contributed by atoms with Crippen molar-refractivity contribution < 1.29 is 40.8 Å². The van der Waals surface area contributed by atoms with Crippen molar-refractivity contribution in [3.8, 4) is 5.88 Å². The number of carbonyl (C=O) groups excluding carboxylic acids is 2. The lowest BCUT2D eigenvalue weighted by Gasteiger charge is -2.65. The highest BCUT2D eigenvalue weighted by molar-refractivity contribution is 5.96. The van der Waals surface area contributed by atoms with Crippen LogP contribution in [0.25, 0.3) is 5.65 Å². The van der Waals surface area contributed by atoms with E-state index in [1.807, 2.05) is 6.07 Å². The fourth-order valence-corrected chi connectivity index (χ4v) is 7.42. The summed E-state index contributed by atoms with van der Waals surface area (Å²) in [7, 11) is 0. The number of rotatable bonds is 12. The average Bonchev–Trinajstić information content (AvgIpc) is 3.52. The predicted octanol–water partition coefficient (Wildman–Crippen LogP) is 5.51. The van der Waals surface area contributed by atoms with Gasteiger partial charge in [-0.1, -0.05) is 0 Å². The molecule has 5 aliphatic rings. The summed E-state index contributed by atoms with van der Waals surface area (Å²) in [5.74, 6) is -4.22. The monoisotopic (exact) mass is 636 g/mol. The maximum atomic E-state index is 14.1. The molecule has 0 aromatic carbocycles. The first-order chi connectivity index (χ1) is 21.4. The number of alkyl halides is 5. The molecule has 3 heterocycles. The van der Waals surface area contributed by atoms with Gasteiger partial charge in [0.1, 0.15) is 17.5 Å². The van der Waals surface area contributed by atoms with E-state index < -0.39 is 48.4 Å². The summed E-state index contributed by atoms with van der Waals surface area (Å²) in [5.41, 5.74) is 0.0858. The molecule has 2 N–H and O–H groups in total. The van der Waals surface area contributed by atoms with E-state index in [1.54, 1.807) is 12.4 Å². The number of hydrogen-bond donors (Lipinski definition) is 2. The molecular formula is C30H33F5N6O4. The summed E-state index contributed by atoms with van der Waals surface area (Å²) in [5, 5.41) is 13.9. The Hall–Kier alpha value is -3.78. The zero-order valence-electron chi connectivity index (χ0n) is 24.3. The number of nitrogens with one attached hydrogen (secondary N) is 2. The number of imidazole rings is 1. The van der Waals surface area contributed by atoms with E-state index in [-0.39, 0.29) is 54.5 Å². The van der Waals surface area contributed by atoms with Crippen LogP contribution >= 0.6 is 0 Å². The lowest BCUT2D eigenvalue weighted by Crippen LogP contribution is -2.65. The van der Waals surface area contributed by atoms with Crippen molar-refractivity contribution in [2.24, 2.45) is 17.3 Å². The summed E-state index contributed by atoms with van der Waals surface area (Å²) in [6.45, 7) is -0.990. The number of hydrogen-bond acceptors (Lipinski definition) is 7. The van der Waals surface area contributed by atoms with Crippen LogP contribution in [0.2, 0.25) is 0 Å². The Kier molecular flexibility index (Phi) is 7.27. The molecule has 242 valence electrons. The standard InChI is InChI=1S/C30H33F5N6O4/c31-21(32)12-44-27-19(11-45-40-27)26(43)39-25(17-3-5-30(34,35)6-4-17)20-10-41-22(37-20)7-18(9-36-41)24(16-1-2-16)38-23(42)8-28-13-29(33,14-28)15-28/h7,9-11,16-17,21,24-25H,1-6,8,12-15H2,(H,38,42)(H,39,43)/t24-,25+,28-,29-/m1/s1. The Morgan fingerprint density at radius 2 is 1.76 bits per heavy atom. The molecule has 0 aliphatic heterocycles. The van der Waals surface area contributed by atoms with Gasteiger partial charge in [0, 0.05) is 19.3 Å². The molecule has 0 saturated heterocycles. The van der Waals surface area contributed by atoms with E-state index in [0.29, 0.717) is 37.0 Å². The van der Waals surface area contributed by atoms with Crippen molar-refractivity contribution >= 4 is 17.5 Å². The summed E-state index contributed by atoms with van der Waals surface area (Å²) >= 11 is 0. The molecule has 15 heteroatoms. The molecule has 2 atom stereocenters. The molecule has 3 aromatic heterocycles. The minimum absolute atomic E-state index is 0.111. The van der Waals surface area contributed by atoms with Gasteiger partial charge >= 0.3 is 0 Å². The largest absolute Gasteiger partial charge is 0.469 e. The highest BCUT2D eigenvalue weighted by atomic mass is 19.3. The highest BCUT2D eigenvalue weighted by Crippen LogP contribution is 2.71. The lowest BCUT2D eigenvalue weighted by atomic mass is 9.41. The van der Waals surface area contributed by atoms with Gasteiger partial charge in [0.05, 0.1) is 30.2 Å². The summed E-state index contributed by atoms with van der Waals surface area (Å²) in [6.07, 6.45) is 4.48. The lowest BCUT2D eigenvalue weighted by molar-refractivity contribution is -0.215. The van der Waals surface area contributed by atoms with Crippen molar-refractivity contribution in [2.75, 3.05) is 6.61 Å². The van der Waals surface area contributed by atoms with Crippen LogP contribution in [-0.2, 0) is 4.79 Å². The smallest absolute Gasteiger partial charge is 0.272 e. The molecule has 5 saturated carbocycles. The number of aromatic nitrogens is 4. The Morgan fingerprint density at radius 3 is 2.42 bits per heavy atom. The maximum Gasteiger partial charge on any atom is 0.272 e. The van der Waals surface area contributed by atoms with E-state index in [4.69, 9.17) is 14.2 Å². The molecule has 8 rings (SSSR count). The molecule has 3 aromatic rings. The molecule has 0 spiro atoms. The van der Waals surface area contributed by atoms with E-state index in [1.165, 1.54) is 4.52 Å². The minimum Gasteiger partial charge on any atom is -0.469 e. The van der Waals surface area contributed by atoms with Crippen molar-refractivity contribution in [3.63, 3.8) is 0 Å². The van der Waals surface area contributed by atoms with Crippen molar-refractivity contribution in [2.45, 2.75) is 94.3 Å². The number of halogens is 5. The van der Waals surface area contributed by atoms with Gasteiger partial charge in [0.15, 0.2) is 12.3 Å². The van der Waals surface area contributed by atoms with Crippen LogP contribution < -0.4 is 15.4 Å². The molecule has 0 unspecified atom stereocenters. The molecule has 45 heavy (non-hydrogen) atoms. The van der Waals surface area contributed by atoms with Crippen LogP contribution in [0.4, 0.5) is 22.0 Å². The quantitative estimate of drug-likeness (QED) is 0.252. The minimum atomic E-state index is -2.81. The van der Waals surface area contributed by atoms with Crippen molar-refractivity contribution in [3.05, 3.63) is 41.5 Å². The fraction of sp³-hybridized carbons (Fsp3) is 0.633. The van der Waals surface area contributed by atoms with Crippen LogP contribution in [0, 0.1) is 17.3 Å². The van der Waals surface area contributed by atoms with Gasteiger partial charge in [-0.3, -0.25) is 9.59 Å². The second kappa shape index (κ2) is 10.9. The number of amides is 2. The van der Waals surface area contributed by atoms with Gasteiger partial charge in [-0.05, 0) is 79.0 Å². The molecular weight excluding hydrogens is 603 g/mol. The normalized spacial score (nSPS) is 27.0. The summed E-state index contributed by atoms with van der Waals surface area (Å²) in [6, 6.07) is 0.710. The third-order valence-corrected chi connectivity index (χ3v) is 9.71. The summed E-state index contributed by atoms with van der Waals surface area (Å²) in [4.78, 5) is 30.9. The maximum absolute atomic E-state index is 14.1. The predicted molar refractivity (Wildman–Crippen MR) is 146 cm³/mol. The molecule has 2 bridgehead atoms. The Morgan fingerprint density at radius 1 is 1.04 bits per heavy atom. The van der Waals surface area contributed by atoms with Crippen LogP contribution in [0.15, 0.2) is 29.2 Å². The van der Waals surface area contributed by atoms with Gasteiger partial charge in [-0.25, -0.2) is 31.5 Å². The van der Waals surface area contributed by atoms with Gasteiger partial charge in [-0.15, -0.1) is 0 Å². The topological polar surface area (TPSA) is 124 Å². The van der Waals surface area contributed by atoms with Gasteiger partial charge in [0.25, 0.3) is 18.2 Å². The third-order valence-electron chi connectivity index (χ3n) is 9.71. The van der Waals surface area contributed by atoms with Crippen LogP contribution in [0.3, 0.4) is 0 Å². The summed E-state index contributed by atoms with van der Waals surface area (Å²) < 4.78 is 78.6. The fourth-order valence-electron chi connectivity index (χ4n) is 7.42. The second-order valence-corrected chi connectivity index (χ2v) is 13.4. The number of fused-ring (bicyclic) bond motifs is 1. The second-order valence-electron chi connectivity index (χ2n) is 13.4. The van der Waals surface area contributed by atoms with Crippen molar-refractivity contribution in [1.29, 1.82) is 0 Å². The average molecular weight is 637 g/mol. The number of carbonyl (C=O) groups is 2. The SMILES string of the molecule is O=C(C[C@]12C[C@](F)(C1)C2)N[C@@H](c1cnn2cc([C@@H](NC(=O)c3conc3OCC(F)F)C3CCC(F)(F)CC3)nc2c1)C1CC1. The molecule has 5 aliphatic carbocycles. The van der Waals surface area contributed by atoms with E-state index in [0.717, 1.165) is 24.7 Å². The van der Waals surface area contributed by atoms with Crippen LogP contribution in [0.5, 0.6) is 5.88 Å². The van der Waals surface area contributed by atoms with Gasteiger partial charge < -0.3 is 19.9 Å². The van der Waals surface area contributed by atoms with E-state index in [9.17, 15) is 31.5 Å². The molecule has 2 amide bonds. The first-order valence-electron chi connectivity index (χ1n) is 15.3. The Balaban J connectivity index is 1.11. The zero-order valence-corrected chi connectivity index (χ0v) is 24.3. The van der Waals surface area contributed by atoms with Crippen molar-refractivity contribution in [1.82, 2.24) is 30.4 Å². The molecule has 10 nitrogen and oxygen atoms in total. The van der Waals surface area contributed by atoms with Crippen LogP contribution in [0.1, 0.15) is 97.9 Å². The third kappa shape index (κ3) is 6.09. The highest BCUT2D eigenvalue weighted by Gasteiger charge is 2.69. The number of ether oxygens (including phenoxy) is 1. The molecule has 0 radical (unpaired) electrons. The van der Waals surface area contributed by atoms with Gasteiger partial charge in [-0.2, -0.15) is 5.10 Å². The van der Waals surface area contributed by atoms with E-state index >= 15 is 0 Å². The number of nitrogens with zero attached hydrogens (tertiary/aromatic N) is 4. The van der Waals surface area contributed by atoms with E-state index in [2.05, 4.69) is 20.9 Å². The van der Waals surface area contributed by atoms with Gasteiger partial charge in [0.2, 0.25) is 11.8 Å². The molecule has 5 fully saturated rings. The van der Waals surface area contributed by atoms with Crippen LogP contribution in [-0.4, -0.2) is 56.2 Å². The Bertz CT molecular complexity index is 1580. The first kappa shape index (κ1) is 29.9. The Labute approximate surface area is 254 Å².